The maximum Gasteiger partial charge on any atom is 0.276 e. The number of para-hydroxylation sites is 1. The highest BCUT2D eigenvalue weighted by molar-refractivity contribution is 6.53. The molecule has 0 bridgehead atoms. The molecule has 0 spiro atoms. The van der Waals surface area contributed by atoms with Gasteiger partial charge in [0, 0.05) is 5.56 Å². The molecule has 0 aromatic heterocycles. The second kappa shape index (κ2) is 5.49. The van der Waals surface area contributed by atoms with Crippen molar-refractivity contribution in [3.63, 3.8) is 0 Å². The van der Waals surface area contributed by atoms with Crippen molar-refractivity contribution in [2.75, 3.05) is 5.32 Å². The van der Waals surface area contributed by atoms with Gasteiger partial charge in [-0.25, -0.2) is 0 Å². The maximum atomic E-state index is 12.0. The summed E-state index contributed by atoms with van der Waals surface area (Å²) in [5.74, 6) is 0.398. The Hall–Kier alpha value is -3.28. The number of amidine groups is 1. The van der Waals surface area contributed by atoms with E-state index in [1.165, 1.54) is 0 Å². The van der Waals surface area contributed by atoms with Crippen LogP contribution >= 0.6 is 0 Å². The van der Waals surface area contributed by atoms with Gasteiger partial charge in [0.05, 0.1) is 17.8 Å². The minimum absolute atomic E-state index is 0.221. The first-order valence-electron chi connectivity index (χ1n) is 7.24. The van der Waals surface area contributed by atoms with E-state index >= 15 is 0 Å². The summed E-state index contributed by atoms with van der Waals surface area (Å²) in [6, 6.07) is 17.3. The third-order valence-corrected chi connectivity index (χ3v) is 3.68. The van der Waals surface area contributed by atoms with Crippen LogP contribution in [0.15, 0.2) is 69.9 Å². The molecule has 0 unspecified atom stereocenters. The highest BCUT2D eigenvalue weighted by atomic mass is 16.2. The SMILES string of the molecule is O=C1Nc2ccccc2/C1=N/NC1=NN=C(c2ccccc2)C1. The van der Waals surface area contributed by atoms with Gasteiger partial charge in [0.25, 0.3) is 5.91 Å². The van der Waals surface area contributed by atoms with Crippen molar-refractivity contribution in [3.8, 4) is 0 Å². The summed E-state index contributed by atoms with van der Waals surface area (Å²) in [7, 11) is 0. The number of nitrogens with zero attached hydrogens (tertiary/aromatic N) is 3. The van der Waals surface area contributed by atoms with Crippen LogP contribution in [0.2, 0.25) is 0 Å². The largest absolute Gasteiger partial charge is 0.320 e. The standard InChI is InChI=1S/C17H13N5O/c23-17-16(12-8-4-5-9-13(12)18-17)22-21-15-10-14(19-20-15)11-6-2-1-3-7-11/h1-9H,10H2,(H,20,21)(H,18,22,23). The third kappa shape index (κ3) is 2.50. The fraction of sp³-hybridized carbons (Fsp3) is 0.0588. The zero-order chi connectivity index (χ0) is 15.6. The lowest BCUT2D eigenvalue weighted by molar-refractivity contribution is -0.110. The van der Waals surface area contributed by atoms with E-state index in [9.17, 15) is 4.79 Å². The second-order valence-corrected chi connectivity index (χ2v) is 5.21. The van der Waals surface area contributed by atoms with Gasteiger partial charge < -0.3 is 5.32 Å². The molecule has 0 saturated carbocycles. The van der Waals surface area contributed by atoms with Crippen LogP contribution in [-0.2, 0) is 4.79 Å². The van der Waals surface area contributed by atoms with Crippen molar-refractivity contribution < 1.29 is 4.79 Å². The molecule has 2 aliphatic heterocycles. The average molecular weight is 303 g/mol. The molecule has 0 aliphatic carbocycles. The molecule has 6 nitrogen and oxygen atoms in total. The van der Waals surface area contributed by atoms with Crippen LogP contribution in [0.3, 0.4) is 0 Å². The Balaban J connectivity index is 1.48. The predicted molar refractivity (Wildman–Crippen MR) is 89.8 cm³/mol. The summed E-state index contributed by atoms with van der Waals surface area (Å²) < 4.78 is 0. The van der Waals surface area contributed by atoms with Gasteiger partial charge in [0.15, 0.2) is 11.5 Å². The number of hydrogen-bond donors (Lipinski definition) is 2. The molecule has 2 aromatic rings. The molecule has 0 radical (unpaired) electrons. The number of anilines is 1. The lowest BCUT2D eigenvalue weighted by Crippen LogP contribution is -2.23. The summed E-state index contributed by atoms with van der Waals surface area (Å²) in [5.41, 5.74) is 6.68. The van der Waals surface area contributed by atoms with Crippen molar-refractivity contribution >= 4 is 28.9 Å². The summed E-state index contributed by atoms with van der Waals surface area (Å²) >= 11 is 0. The van der Waals surface area contributed by atoms with Crippen LogP contribution in [0.4, 0.5) is 5.69 Å². The van der Waals surface area contributed by atoms with Crippen molar-refractivity contribution in [2.24, 2.45) is 15.3 Å². The van der Waals surface area contributed by atoms with Gasteiger partial charge in [-0.2, -0.15) is 10.2 Å². The maximum absolute atomic E-state index is 12.0. The molecule has 0 saturated heterocycles. The van der Waals surface area contributed by atoms with Crippen LogP contribution < -0.4 is 10.7 Å². The van der Waals surface area contributed by atoms with E-state index in [1.807, 2.05) is 54.6 Å². The number of hydrogen-bond acceptors (Lipinski definition) is 5. The normalized spacial score (nSPS) is 17.6. The lowest BCUT2D eigenvalue weighted by Gasteiger charge is -2.02. The van der Waals surface area contributed by atoms with E-state index in [0.717, 1.165) is 22.5 Å². The Morgan fingerprint density at radius 2 is 1.78 bits per heavy atom. The van der Waals surface area contributed by atoms with Gasteiger partial charge >= 0.3 is 0 Å². The lowest BCUT2D eigenvalue weighted by atomic mass is 10.1. The fourth-order valence-corrected chi connectivity index (χ4v) is 2.54. The molecule has 23 heavy (non-hydrogen) atoms. The van der Waals surface area contributed by atoms with Crippen LogP contribution in [-0.4, -0.2) is 23.2 Å². The van der Waals surface area contributed by atoms with Crippen molar-refractivity contribution in [1.82, 2.24) is 5.43 Å². The van der Waals surface area contributed by atoms with Gasteiger partial charge in [-0.15, -0.1) is 5.10 Å². The highest BCUT2D eigenvalue weighted by Gasteiger charge is 2.25. The number of nitrogens with one attached hydrogen (secondary N) is 2. The van der Waals surface area contributed by atoms with Crippen molar-refractivity contribution in [3.05, 3.63) is 65.7 Å². The van der Waals surface area contributed by atoms with Crippen molar-refractivity contribution in [1.29, 1.82) is 0 Å². The molecule has 1 amide bonds. The van der Waals surface area contributed by atoms with Gasteiger partial charge in [0.2, 0.25) is 0 Å². The number of carbonyl (C=O) groups is 1. The van der Waals surface area contributed by atoms with E-state index in [0.29, 0.717) is 18.0 Å². The highest BCUT2D eigenvalue weighted by Crippen LogP contribution is 2.22. The Morgan fingerprint density at radius 3 is 2.65 bits per heavy atom. The predicted octanol–water partition coefficient (Wildman–Crippen LogP) is 2.14. The molecule has 2 heterocycles. The zero-order valence-corrected chi connectivity index (χ0v) is 12.2. The molecule has 0 fully saturated rings. The van der Waals surface area contributed by atoms with Gasteiger partial charge in [0.1, 0.15) is 0 Å². The average Bonchev–Trinajstić information content (AvgIpc) is 3.18. The Kier molecular flexibility index (Phi) is 3.20. The molecule has 2 N–H and O–H groups in total. The van der Waals surface area contributed by atoms with E-state index in [1.54, 1.807) is 0 Å². The first-order chi connectivity index (χ1) is 11.3. The Morgan fingerprint density at radius 1 is 1.00 bits per heavy atom. The summed E-state index contributed by atoms with van der Waals surface area (Å²) in [5, 5.41) is 15.2. The first kappa shape index (κ1) is 13.4. The monoisotopic (exact) mass is 303 g/mol. The molecule has 6 heteroatoms. The molecule has 112 valence electrons. The number of benzene rings is 2. The van der Waals surface area contributed by atoms with E-state index in [-0.39, 0.29) is 5.91 Å². The molecule has 4 rings (SSSR count). The number of rotatable bonds is 2. The Labute approximate surface area is 132 Å². The van der Waals surface area contributed by atoms with Gasteiger partial charge in [-0.05, 0) is 11.6 Å². The van der Waals surface area contributed by atoms with Gasteiger partial charge in [-0.1, -0.05) is 48.5 Å². The topological polar surface area (TPSA) is 78.2 Å². The van der Waals surface area contributed by atoms with Crippen LogP contribution in [0.25, 0.3) is 0 Å². The minimum Gasteiger partial charge on any atom is -0.320 e. The minimum atomic E-state index is -0.221. The molecule has 0 atom stereocenters. The number of amides is 1. The number of carbonyl (C=O) groups excluding carboxylic acids is 1. The fourth-order valence-electron chi connectivity index (χ4n) is 2.54. The summed E-state index contributed by atoms with van der Waals surface area (Å²) in [6.07, 6.45) is 0.560. The number of hydrazone groups is 1. The Bertz CT molecular complexity index is 868. The van der Waals surface area contributed by atoms with Gasteiger partial charge in [-0.3, -0.25) is 10.2 Å². The van der Waals surface area contributed by atoms with Crippen LogP contribution in [0, 0.1) is 0 Å². The van der Waals surface area contributed by atoms with Crippen LogP contribution in [0.5, 0.6) is 0 Å². The van der Waals surface area contributed by atoms with E-state index < -0.39 is 0 Å². The molecule has 2 aromatic carbocycles. The van der Waals surface area contributed by atoms with E-state index in [4.69, 9.17) is 0 Å². The number of fused-ring (bicyclic) bond motifs is 1. The summed E-state index contributed by atoms with van der Waals surface area (Å²) in [6.45, 7) is 0. The zero-order valence-electron chi connectivity index (χ0n) is 12.2. The first-order valence-corrected chi connectivity index (χ1v) is 7.24. The second-order valence-electron chi connectivity index (χ2n) is 5.21. The van der Waals surface area contributed by atoms with Crippen molar-refractivity contribution in [2.45, 2.75) is 6.42 Å². The molecular formula is C17H13N5O. The van der Waals surface area contributed by atoms with E-state index in [2.05, 4.69) is 26.0 Å². The molecular weight excluding hydrogens is 290 g/mol. The summed E-state index contributed by atoms with van der Waals surface area (Å²) in [4.78, 5) is 12.0. The quantitative estimate of drug-likeness (QED) is 0.834. The molecule has 2 aliphatic rings. The van der Waals surface area contributed by atoms with Crippen LogP contribution in [0.1, 0.15) is 17.5 Å². The third-order valence-electron chi connectivity index (χ3n) is 3.68. The smallest absolute Gasteiger partial charge is 0.276 e.